The summed E-state index contributed by atoms with van der Waals surface area (Å²) in [6.07, 6.45) is 9.72. The number of methoxy groups -OCH3 is 1. The van der Waals surface area contributed by atoms with E-state index in [1.165, 1.54) is 12.8 Å². The van der Waals surface area contributed by atoms with Gasteiger partial charge in [0.15, 0.2) is 0 Å². The van der Waals surface area contributed by atoms with E-state index in [1.54, 1.807) is 13.4 Å². The van der Waals surface area contributed by atoms with Crippen LogP contribution in [-0.4, -0.2) is 44.6 Å². The zero-order valence-corrected chi connectivity index (χ0v) is 15.0. The van der Waals surface area contributed by atoms with Gasteiger partial charge in [-0.1, -0.05) is 0 Å². The number of piperidine rings is 1. The van der Waals surface area contributed by atoms with Gasteiger partial charge in [0.2, 0.25) is 0 Å². The molecule has 1 aromatic carbocycles. The Bertz CT molecular complexity index is 831. The van der Waals surface area contributed by atoms with Gasteiger partial charge in [0.25, 0.3) is 0 Å². The molecule has 0 N–H and O–H groups in total. The molecule has 1 fully saturated rings. The average Bonchev–Trinajstić information content (AvgIpc) is 3.17. The normalized spacial score (nSPS) is 18.0. The molecule has 6 heteroatoms. The summed E-state index contributed by atoms with van der Waals surface area (Å²) < 4.78 is 7.40. The Hall–Kier alpha value is -2.73. The molecule has 0 radical (unpaired) electrons. The van der Waals surface area contributed by atoms with E-state index >= 15 is 0 Å². The van der Waals surface area contributed by atoms with Crippen molar-refractivity contribution in [3.8, 4) is 11.4 Å². The zero-order valence-electron chi connectivity index (χ0n) is 15.0. The van der Waals surface area contributed by atoms with E-state index in [4.69, 9.17) is 4.74 Å². The monoisotopic (exact) mass is 349 g/mol. The maximum atomic E-state index is 5.25. The van der Waals surface area contributed by atoms with E-state index in [1.807, 2.05) is 36.8 Å². The first kappa shape index (κ1) is 16.7. The maximum Gasteiger partial charge on any atom is 0.127 e. The highest BCUT2D eigenvalue weighted by molar-refractivity contribution is 5.38. The molecular formula is C20H23N5O. The summed E-state index contributed by atoms with van der Waals surface area (Å²) in [5.74, 6) is 2.38. The number of hydrogen-bond acceptors (Lipinski definition) is 5. The van der Waals surface area contributed by atoms with Crippen LogP contribution in [0.3, 0.4) is 0 Å². The van der Waals surface area contributed by atoms with Gasteiger partial charge in [0.1, 0.15) is 17.9 Å². The van der Waals surface area contributed by atoms with Gasteiger partial charge in [0, 0.05) is 42.4 Å². The quantitative estimate of drug-likeness (QED) is 0.709. The smallest absolute Gasteiger partial charge is 0.127 e. The predicted octanol–water partition coefficient (Wildman–Crippen LogP) is 3.05. The van der Waals surface area contributed by atoms with Crippen molar-refractivity contribution in [1.82, 2.24) is 24.4 Å². The van der Waals surface area contributed by atoms with E-state index < -0.39 is 0 Å². The lowest BCUT2D eigenvalue weighted by atomic mass is 9.94. The Labute approximate surface area is 153 Å². The van der Waals surface area contributed by atoms with Gasteiger partial charge in [-0.3, -0.25) is 4.90 Å². The third kappa shape index (κ3) is 3.60. The van der Waals surface area contributed by atoms with Crippen LogP contribution in [0.25, 0.3) is 5.69 Å². The summed E-state index contributed by atoms with van der Waals surface area (Å²) in [6.45, 7) is 2.93. The largest absolute Gasteiger partial charge is 0.497 e. The van der Waals surface area contributed by atoms with Crippen LogP contribution in [-0.2, 0) is 6.54 Å². The molecule has 3 aromatic rings. The number of aromatic nitrogens is 4. The topological polar surface area (TPSA) is 56.1 Å². The molecule has 0 saturated carbocycles. The molecule has 1 aliphatic rings. The number of ether oxygens (including phenoxy) is 1. The number of rotatable bonds is 5. The Morgan fingerprint density at radius 1 is 1.12 bits per heavy atom. The third-order valence-corrected chi connectivity index (χ3v) is 4.96. The van der Waals surface area contributed by atoms with Gasteiger partial charge in [-0.05, 0) is 49.7 Å². The molecule has 0 amide bonds. The van der Waals surface area contributed by atoms with Gasteiger partial charge in [-0.15, -0.1) is 0 Å². The predicted molar refractivity (Wildman–Crippen MR) is 99.4 cm³/mol. The minimum atomic E-state index is 0.469. The Kier molecular flexibility index (Phi) is 4.93. The Morgan fingerprint density at radius 3 is 2.77 bits per heavy atom. The minimum absolute atomic E-state index is 0.469. The van der Waals surface area contributed by atoms with E-state index in [-0.39, 0.29) is 0 Å². The standard InChI is InChI=1S/C20H23N5O/c1-26-18-6-4-17(5-7-18)25-12-10-22-20(25)14-24-11-2-3-16(13-24)19-8-9-21-15-23-19/h4-10,12,15-16H,2-3,11,13-14H2,1H3/t16-/m0/s1. The van der Waals surface area contributed by atoms with Crippen molar-refractivity contribution in [3.63, 3.8) is 0 Å². The molecule has 0 aliphatic carbocycles. The maximum absolute atomic E-state index is 5.25. The van der Waals surface area contributed by atoms with Crippen molar-refractivity contribution in [2.75, 3.05) is 20.2 Å². The molecule has 4 rings (SSSR count). The molecule has 2 aromatic heterocycles. The molecule has 1 saturated heterocycles. The van der Waals surface area contributed by atoms with E-state index in [9.17, 15) is 0 Å². The fourth-order valence-corrected chi connectivity index (χ4v) is 3.61. The van der Waals surface area contributed by atoms with Crippen molar-refractivity contribution in [1.29, 1.82) is 0 Å². The summed E-state index contributed by atoms with van der Waals surface area (Å²) in [6, 6.07) is 10.1. The summed E-state index contributed by atoms with van der Waals surface area (Å²) >= 11 is 0. The van der Waals surface area contributed by atoms with E-state index in [2.05, 4.69) is 36.6 Å². The second kappa shape index (κ2) is 7.66. The van der Waals surface area contributed by atoms with Gasteiger partial charge in [0.05, 0.1) is 13.7 Å². The SMILES string of the molecule is COc1ccc(-n2ccnc2CN2CCC[C@H](c3ccncn3)C2)cc1. The summed E-state index contributed by atoms with van der Waals surface area (Å²) in [4.78, 5) is 15.5. The molecule has 26 heavy (non-hydrogen) atoms. The number of imidazole rings is 1. The van der Waals surface area contributed by atoms with Gasteiger partial charge in [-0.25, -0.2) is 15.0 Å². The van der Waals surface area contributed by atoms with Gasteiger partial charge < -0.3 is 9.30 Å². The number of likely N-dealkylation sites (tertiary alicyclic amines) is 1. The summed E-state index contributed by atoms with van der Waals surface area (Å²) in [5.41, 5.74) is 2.24. The number of hydrogen-bond donors (Lipinski definition) is 0. The van der Waals surface area contributed by atoms with E-state index in [0.717, 1.165) is 42.6 Å². The fourth-order valence-electron chi connectivity index (χ4n) is 3.61. The minimum Gasteiger partial charge on any atom is -0.497 e. The highest BCUT2D eigenvalue weighted by atomic mass is 16.5. The second-order valence-electron chi connectivity index (χ2n) is 6.62. The molecule has 0 bridgehead atoms. The lowest BCUT2D eigenvalue weighted by molar-refractivity contribution is 0.193. The molecule has 1 atom stereocenters. The molecule has 0 unspecified atom stereocenters. The molecule has 3 heterocycles. The van der Waals surface area contributed by atoms with Crippen LogP contribution in [0.2, 0.25) is 0 Å². The van der Waals surface area contributed by atoms with Crippen LogP contribution < -0.4 is 4.74 Å². The zero-order chi connectivity index (χ0) is 17.8. The summed E-state index contributed by atoms with van der Waals surface area (Å²) in [5, 5.41) is 0. The van der Waals surface area contributed by atoms with Crippen LogP contribution in [0.1, 0.15) is 30.3 Å². The lowest BCUT2D eigenvalue weighted by Gasteiger charge is -2.32. The molecular weight excluding hydrogens is 326 g/mol. The summed E-state index contributed by atoms with van der Waals surface area (Å²) in [7, 11) is 1.68. The lowest BCUT2D eigenvalue weighted by Crippen LogP contribution is -2.35. The van der Waals surface area contributed by atoms with Crippen LogP contribution >= 0.6 is 0 Å². The highest BCUT2D eigenvalue weighted by Gasteiger charge is 2.23. The van der Waals surface area contributed by atoms with Crippen molar-refractivity contribution in [2.45, 2.75) is 25.3 Å². The van der Waals surface area contributed by atoms with Crippen LogP contribution in [0.4, 0.5) is 0 Å². The molecule has 134 valence electrons. The fraction of sp³-hybridized carbons (Fsp3) is 0.350. The van der Waals surface area contributed by atoms with Crippen LogP contribution in [0, 0.1) is 0 Å². The average molecular weight is 349 g/mol. The second-order valence-corrected chi connectivity index (χ2v) is 6.62. The number of nitrogens with zero attached hydrogens (tertiary/aromatic N) is 5. The van der Waals surface area contributed by atoms with Crippen molar-refractivity contribution >= 4 is 0 Å². The highest BCUT2D eigenvalue weighted by Crippen LogP contribution is 2.26. The van der Waals surface area contributed by atoms with Crippen molar-refractivity contribution in [2.24, 2.45) is 0 Å². The molecule has 0 spiro atoms. The first-order chi connectivity index (χ1) is 12.8. The molecule has 1 aliphatic heterocycles. The van der Waals surface area contributed by atoms with Crippen molar-refractivity contribution in [3.05, 3.63) is 66.8 Å². The molecule has 6 nitrogen and oxygen atoms in total. The van der Waals surface area contributed by atoms with Crippen molar-refractivity contribution < 1.29 is 4.74 Å². The van der Waals surface area contributed by atoms with Crippen LogP contribution in [0.15, 0.2) is 55.2 Å². The van der Waals surface area contributed by atoms with Gasteiger partial charge in [-0.2, -0.15) is 0 Å². The first-order valence-electron chi connectivity index (χ1n) is 8.98. The number of benzene rings is 1. The third-order valence-electron chi connectivity index (χ3n) is 4.96. The first-order valence-corrected chi connectivity index (χ1v) is 8.98. The Morgan fingerprint density at radius 2 is 2.00 bits per heavy atom. The van der Waals surface area contributed by atoms with Gasteiger partial charge >= 0.3 is 0 Å². The van der Waals surface area contributed by atoms with Crippen LogP contribution in [0.5, 0.6) is 5.75 Å². The van der Waals surface area contributed by atoms with E-state index in [0.29, 0.717) is 5.92 Å². The Balaban J connectivity index is 1.48.